The SMILES string of the molecule is CCC(=O)Nc1cc(C(=O)NCc2cc(F)cc(F)c2)c2ccc(C)nc2c1. The van der Waals surface area contributed by atoms with Crippen molar-refractivity contribution < 1.29 is 18.4 Å². The molecule has 3 rings (SSSR count). The highest BCUT2D eigenvalue weighted by molar-refractivity contribution is 6.08. The molecule has 2 amide bonds. The van der Waals surface area contributed by atoms with Gasteiger partial charge in [0.15, 0.2) is 0 Å². The Morgan fingerprint density at radius 3 is 2.43 bits per heavy atom. The Kier molecular flexibility index (Phi) is 5.63. The van der Waals surface area contributed by atoms with E-state index < -0.39 is 17.5 Å². The predicted octanol–water partition coefficient (Wildman–Crippen LogP) is 4.10. The van der Waals surface area contributed by atoms with Gasteiger partial charge in [0, 0.05) is 35.8 Å². The molecule has 1 aromatic heterocycles. The third-order valence-corrected chi connectivity index (χ3v) is 4.17. The monoisotopic (exact) mass is 383 g/mol. The second kappa shape index (κ2) is 8.12. The Morgan fingerprint density at radius 1 is 1.04 bits per heavy atom. The Morgan fingerprint density at radius 2 is 1.75 bits per heavy atom. The van der Waals surface area contributed by atoms with Crippen LogP contribution in [-0.2, 0) is 11.3 Å². The summed E-state index contributed by atoms with van der Waals surface area (Å²) in [4.78, 5) is 28.9. The van der Waals surface area contributed by atoms with Crippen LogP contribution in [0.1, 0.15) is 35.0 Å². The lowest BCUT2D eigenvalue weighted by Crippen LogP contribution is -2.23. The van der Waals surface area contributed by atoms with Crippen molar-refractivity contribution in [3.63, 3.8) is 0 Å². The highest BCUT2D eigenvalue weighted by Crippen LogP contribution is 2.24. The van der Waals surface area contributed by atoms with E-state index in [1.165, 1.54) is 0 Å². The molecule has 144 valence electrons. The molecule has 0 spiro atoms. The average Bonchev–Trinajstić information content (AvgIpc) is 2.64. The topological polar surface area (TPSA) is 71.1 Å². The van der Waals surface area contributed by atoms with Gasteiger partial charge in [-0.25, -0.2) is 8.78 Å². The maximum absolute atomic E-state index is 13.3. The molecule has 0 bridgehead atoms. The highest BCUT2D eigenvalue weighted by atomic mass is 19.1. The fourth-order valence-electron chi connectivity index (χ4n) is 2.84. The number of pyridine rings is 1. The fraction of sp³-hybridized carbons (Fsp3) is 0.190. The van der Waals surface area contributed by atoms with E-state index in [0.29, 0.717) is 34.1 Å². The van der Waals surface area contributed by atoms with Gasteiger partial charge in [0.1, 0.15) is 11.6 Å². The average molecular weight is 383 g/mol. The summed E-state index contributed by atoms with van der Waals surface area (Å²) in [5, 5.41) is 6.00. The number of fused-ring (bicyclic) bond motifs is 1. The lowest BCUT2D eigenvalue weighted by molar-refractivity contribution is -0.115. The maximum Gasteiger partial charge on any atom is 0.252 e. The summed E-state index contributed by atoms with van der Waals surface area (Å²) in [6.07, 6.45) is 0.298. The van der Waals surface area contributed by atoms with Crippen molar-refractivity contribution in [1.82, 2.24) is 10.3 Å². The molecular formula is C21H19F2N3O2. The Bertz CT molecular complexity index is 1050. The van der Waals surface area contributed by atoms with E-state index in [1.807, 2.05) is 6.92 Å². The van der Waals surface area contributed by atoms with Crippen molar-refractivity contribution >= 4 is 28.4 Å². The molecule has 28 heavy (non-hydrogen) atoms. The standard InChI is InChI=1S/C21H19F2N3O2/c1-3-20(27)26-16-9-18(17-5-4-12(2)25-19(17)10-16)21(28)24-11-13-6-14(22)8-15(23)7-13/h4-10H,3,11H2,1-2H3,(H,24,28)(H,26,27). The number of hydrogen-bond acceptors (Lipinski definition) is 3. The molecule has 0 aliphatic carbocycles. The van der Waals surface area contributed by atoms with Gasteiger partial charge in [0.2, 0.25) is 5.91 Å². The summed E-state index contributed by atoms with van der Waals surface area (Å²) in [5.74, 6) is -2.04. The first-order valence-corrected chi connectivity index (χ1v) is 8.80. The Hall–Kier alpha value is -3.35. The molecule has 0 aliphatic rings. The highest BCUT2D eigenvalue weighted by Gasteiger charge is 2.14. The van der Waals surface area contributed by atoms with Crippen molar-refractivity contribution in [3.05, 3.63) is 70.9 Å². The number of carbonyl (C=O) groups is 2. The third-order valence-electron chi connectivity index (χ3n) is 4.17. The number of rotatable bonds is 5. The normalized spacial score (nSPS) is 10.7. The van der Waals surface area contributed by atoms with Crippen molar-refractivity contribution in [2.24, 2.45) is 0 Å². The van der Waals surface area contributed by atoms with E-state index in [1.54, 1.807) is 31.2 Å². The van der Waals surface area contributed by atoms with Crippen molar-refractivity contribution in [2.75, 3.05) is 5.32 Å². The van der Waals surface area contributed by atoms with E-state index in [0.717, 1.165) is 23.9 Å². The maximum atomic E-state index is 13.3. The molecule has 0 radical (unpaired) electrons. The quantitative estimate of drug-likeness (QED) is 0.697. The molecule has 0 saturated carbocycles. The molecule has 0 saturated heterocycles. The fourth-order valence-corrected chi connectivity index (χ4v) is 2.84. The van der Waals surface area contributed by atoms with Crippen molar-refractivity contribution in [2.45, 2.75) is 26.8 Å². The third kappa shape index (κ3) is 4.49. The second-order valence-electron chi connectivity index (χ2n) is 6.41. The van der Waals surface area contributed by atoms with Crippen LogP contribution in [-0.4, -0.2) is 16.8 Å². The van der Waals surface area contributed by atoms with Crippen LogP contribution in [0, 0.1) is 18.6 Å². The molecule has 2 N–H and O–H groups in total. The molecule has 2 aromatic carbocycles. The number of aryl methyl sites for hydroxylation is 1. The minimum absolute atomic E-state index is 0.0418. The van der Waals surface area contributed by atoms with Crippen molar-refractivity contribution in [3.8, 4) is 0 Å². The number of amides is 2. The van der Waals surface area contributed by atoms with Crippen LogP contribution in [0.4, 0.5) is 14.5 Å². The molecule has 3 aromatic rings. The van der Waals surface area contributed by atoms with E-state index >= 15 is 0 Å². The van der Waals surface area contributed by atoms with Crippen LogP contribution in [0.15, 0.2) is 42.5 Å². The van der Waals surface area contributed by atoms with Gasteiger partial charge < -0.3 is 10.6 Å². The van der Waals surface area contributed by atoms with E-state index in [-0.39, 0.29) is 12.5 Å². The second-order valence-corrected chi connectivity index (χ2v) is 6.41. The minimum atomic E-state index is -0.710. The van der Waals surface area contributed by atoms with E-state index in [9.17, 15) is 18.4 Å². The van der Waals surface area contributed by atoms with Crippen LogP contribution < -0.4 is 10.6 Å². The Balaban J connectivity index is 1.92. The summed E-state index contributed by atoms with van der Waals surface area (Å²) in [6.45, 7) is 3.51. The summed E-state index contributed by atoms with van der Waals surface area (Å²) >= 11 is 0. The summed E-state index contributed by atoms with van der Waals surface area (Å²) in [6, 6.07) is 9.91. The minimum Gasteiger partial charge on any atom is -0.348 e. The van der Waals surface area contributed by atoms with Gasteiger partial charge in [0.25, 0.3) is 5.91 Å². The molecule has 0 unspecified atom stereocenters. The summed E-state index contributed by atoms with van der Waals surface area (Å²) in [5.41, 5.74) is 2.41. The molecule has 7 heteroatoms. The zero-order valence-corrected chi connectivity index (χ0v) is 15.5. The first kappa shape index (κ1) is 19.4. The van der Waals surface area contributed by atoms with Gasteiger partial charge in [-0.3, -0.25) is 14.6 Å². The number of nitrogens with zero attached hydrogens (tertiary/aromatic N) is 1. The lowest BCUT2D eigenvalue weighted by Gasteiger charge is -2.12. The molecule has 1 heterocycles. The number of carbonyl (C=O) groups excluding carboxylic acids is 2. The molecule has 5 nitrogen and oxygen atoms in total. The van der Waals surface area contributed by atoms with Crippen LogP contribution in [0.3, 0.4) is 0 Å². The lowest BCUT2D eigenvalue weighted by atomic mass is 10.1. The summed E-state index contributed by atoms with van der Waals surface area (Å²) in [7, 11) is 0. The van der Waals surface area contributed by atoms with E-state index in [4.69, 9.17) is 0 Å². The van der Waals surface area contributed by atoms with Gasteiger partial charge in [-0.1, -0.05) is 13.0 Å². The molecule has 0 atom stereocenters. The van der Waals surface area contributed by atoms with Gasteiger partial charge >= 0.3 is 0 Å². The van der Waals surface area contributed by atoms with Crippen LogP contribution in [0.25, 0.3) is 10.9 Å². The number of benzene rings is 2. The largest absolute Gasteiger partial charge is 0.348 e. The smallest absolute Gasteiger partial charge is 0.252 e. The number of hydrogen-bond donors (Lipinski definition) is 2. The van der Waals surface area contributed by atoms with Crippen LogP contribution in [0.2, 0.25) is 0 Å². The van der Waals surface area contributed by atoms with Crippen LogP contribution in [0.5, 0.6) is 0 Å². The van der Waals surface area contributed by atoms with Gasteiger partial charge in [-0.05, 0) is 42.8 Å². The van der Waals surface area contributed by atoms with Crippen LogP contribution >= 0.6 is 0 Å². The zero-order valence-electron chi connectivity index (χ0n) is 15.5. The van der Waals surface area contributed by atoms with Gasteiger partial charge in [-0.2, -0.15) is 0 Å². The Labute approximate surface area is 160 Å². The predicted molar refractivity (Wildman–Crippen MR) is 103 cm³/mol. The first-order valence-electron chi connectivity index (χ1n) is 8.80. The molecule has 0 fully saturated rings. The van der Waals surface area contributed by atoms with Crippen molar-refractivity contribution in [1.29, 1.82) is 0 Å². The number of halogens is 2. The van der Waals surface area contributed by atoms with Gasteiger partial charge in [0.05, 0.1) is 11.1 Å². The number of nitrogens with one attached hydrogen (secondary N) is 2. The molecule has 0 aliphatic heterocycles. The number of anilines is 1. The van der Waals surface area contributed by atoms with E-state index in [2.05, 4.69) is 15.6 Å². The molecular weight excluding hydrogens is 364 g/mol. The van der Waals surface area contributed by atoms with Gasteiger partial charge in [-0.15, -0.1) is 0 Å². The first-order chi connectivity index (χ1) is 13.4. The summed E-state index contributed by atoms with van der Waals surface area (Å²) < 4.78 is 26.7. The number of aromatic nitrogens is 1. The zero-order chi connectivity index (χ0) is 20.3.